The third-order valence-electron chi connectivity index (χ3n) is 1.87. The molecule has 0 saturated heterocycles. The second-order valence-corrected chi connectivity index (χ2v) is 3.26. The number of hydrogen-bond acceptors (Lipinski definition) is 3. The first-order valence-corrected chi connectivity index (χ1v) is 5.01. The fourth-order valence-corrected chi connectivity index (χ4v) is 1.05. The number of aromatic hydroxyl groups is 1. The molecule has 0 spiro atoms. The Morgan fingerprint density at radius 3 is 2.38 bits per heavy atom. The summed E-state index contributed by atoms with van der Waals surface area (Å²) in [5.74, 6) is -1.26. The molecule has 5 nitrogen and oxygen atoms in total. The van der Waals surface area contributed by atoms with E-state index in [9.17, 15) is 9.59 Å². The molecule has 0 fully saturated rings. The molecule has 0 heterocycles. The third kappa shape index (κ3) is 3.61. The number of nitrogens with one attached hydrogen (secondary N) is 2. The van der Waals surface area contributed by atoms with Gasteiger partial charge in [0.2, 0.25) is 0 Å². The molecule has 0 aliphatic rings. The van der Waals surface area contributed by atoms with Gasteiger partial charge in [0.1, 0.15) is 5.75 Å². The van der Waals surface area contributed by atoms with Crippen molar-refractivity contribution in [2.24, 2.45) is 0 Å². The van der Waals surface area contributed by atoms with E-state index in [2.05, 4.69) is 10.6 Å². The van der Waals surface area contributed by atoms with E-state index in [4.69, 9.17) is 5.11 Å². The molecule has 5 heteroatoms. The number of phenols is 1. The summed E-state index contributed by atoms with van der Waals surface area (Å²) in [5.41, 5.74) is 0.467. The predicted octanol–water partition coefficient (Wildman–Crippen LogP) is 0.857. The van der Waals surface area contributed by atoms with Crippen LogP contribution in [0.25, 0.3) is 0 Å². The molecule has 0 saturated carbocycles. The molecule has 0 atom stereocenters. The van der Waals surface area contributed by atoms with Crippen molar-refractivity contribution in [2.75, 3.05) is 11.9 Å². The molecule has 1 aromatic carbocycles. The highest BCUT2D eigenvalue weighted by Crippen LogP contribution is 2.13. The van der Waals surface area contributed by atoms with Crippen LogP contribution in [0.5, 0.6) is 5.75 Å². The SMILES string of the molecule is CCCNC(=O)C(=O)Nc1ccc(O)cc1. The molecule has 0 aliphatic carbocycles. The second-order valence-electron chi connectivity index (χ2n) is 3.26. The summed E-state index contributed by atoms with van der Waals surface area (Å²) in [6, 6.07) is 5.89. The van der Waals surface area contributed by atoms with Crippen molar-refractivity contribution in [2.45, 2.75) is 13.3 Å². The summed E-state index contributed by atoms with van der Waals surface area (Å²) in [5, 5.41) is 13.9. The van der Waals surface area contributed by atoms with Crippen molar-refractivity contribution in [3.8, 4) is 5.75 Å². The van der Waals surface area contributed by atoms with Gasteiger partial charge in [0, 0.05) is 12.2 Å². The van der Waals surface area contributed by atoms with Gasteiger partial charge in [-0.05, 0) is 30.7 Å². The molecular weight excluding hydrogens is 208 g/mol. The molecule has 0 unspecified atom stereocenters. The Balaban J connectivity index is 2.51. The van der Waals surface area contributed by atoms with Gasteiger partial charge in [0.25, 0.3) is 0 Å². The number of phenolic OH excluding ortho intramolecular Hbond substituents is 1. The standard InChI is InChI=1S/C11H14N2O3/c1-2-7-12-10(15)11(16)13-8-3-5-9(14)6-4-8/h3-6,14H,2,7H2,1H3,(H,12,15)(H,13,16). The molecule has 0 aromatic heterocycles. The van der Waals surface area contributed by atoms with Crippen molar-refractivity contribution in [1.29, 1.82) is 0 Å². The van der Waals surface area contributed by atoms with E-state index < -0.39 is 11.8 Å². The maximum atomic E-state index is 11.3. The minimum Gasteiger partial charge on any atom is -0.508 e. The van der Waals surface area contributed by atoms with Crippen LogP contribution in [0.2, 0.25) is 0 Å². The average molecular weight is 222 g/mol. The summed E-state index contributed by atoms with van der Waals surface area (Å²) in [6.07, 6.45) is 0.776. The second kappa shape index (κ2) is 5.75. The molecule has 1 rings (SSSR count). The van der Waals surface area contributed by atoms with Crippen molar-refractivity contribution in [1.82, 2.24) is 5.32 Å². The molecule has 2 amide bonds. The van der Waals surface area contributed by atoms with Gasteiger partial charge in [0.15, 0.2) is 0 Å². The lowest BCUT2D eigenvalue weighted by atomic mass is 10.3. The number of benzene rings is 1. The number of carbonyl (C=O) groups excluding carboxylic acids is 2. The van der Waals surface area contributed by atoms with Gasteiger partial charge in [-0.1, -0.05) is 6.92 Å². The zero-order valence-corrected chi connectivity index (χ0v) is 8.99. The van der Waals surface area contributed by atoms with Crippen LogP contribution in [0.1, 0.15) is 13.3 Å². The minimum atomic E-state index is -0.709. The molecule has 0 aliphatic heterocycles. The molecule has 0 bridgehead atoms. The van der Waals surface area contributed by atoms with Crippen LogP contribution < -0.4 is 10.6 Å². The van der Waals surface area contributed by atoms with Gasteiger partial charge in [0.05, 0.1) is 0 Å². The van der Waals surface area contributed by atoms with Crippen LogP contribution in [0.4, 0.5) is 5.69 Å². The van der Waals surface area contributed by atoms with E-state index in [1.165, 1.54) is 24.3 Å². The third-order valence-corrected chi connectivity index (χ3v) is 1.87. The first-order valence-electron chi connectivity index (χ1n) is 5.01. The van der Waals surface area contributed by atoms with Crippen molar-refractivity contribution in [3.63, 3.8) is 0 Å². The van der Waals surface area contributed by atoms with Gasteiger partial charge in [-0.15, -0.1) is 0 Å². The Hall–Kier alpha value is -2.04. The van der Waals surface area contributed by atoms with Crippen LogP contribution in [0.15, 0.2) is 24.3 Å². The highest BCUT2D eigenvalue weighted by atomic mass is 16.3. The topological polar surface area (TPSA) is 78.4 Å². The zero-order chi connectivity index (χ0) is 12.0. The average Bonchev–Trinajstić information content (AvgIpc) is 2.29. The summed E-state index contributed by atoms with van der Waals surface area (Å²) in [6.45, 7) is 2.37. The first kappa shape index (κ1) is 12.0. The van der Waals surface area contributed by atoms with E-state index in [0.717, 1.165) is 6.42 Å². The lowest BCUT2D eigenvalue weighted by Gasteiger charge is -2.05. The van der Waals surface area contributed by atoms with E-state index in [1.807, 2.05) is 6.92 Å². The van der Waals surface area contributed by atoms with Crippen LogP contribution in [-0.2, 0) is 9.59 Å². The summed E-state index contributed by atoms with van der Waals surface area (Å²) in [4.78, 5) is 22.5. The minimum absolute atomic E-state index is 0.105. The van der Waals surface area contributed by atoms with Crippen LogP contribution in [0, 0.1) is 0 Å². The Labute approximate surface area is 93.5 Å². The largest absolute Gasteiger partial charge is 0.508 e. The Bertz CT molecular complexity index is 373. The lowest BCUT2D eigenvalue weighted by Crippen LogP contribution is -2.35. The van der Waals surface area contributed by atoms with Gasteiger partial charge >= 0.3 is 11.8 Å². The van der Waals surface area contributed by atoms with E-state index in [0.29, 0.717) is 12.2 Å². The Kier molecular flexibility index (Phi) is 4.32. The summed E-state index contributed by atoms with van der Waals surface area (Å²) < 4.78 is 0. The van der Waals surface area contributed by atoms with Crippen LogP contribution in [-0.4, -0.2) is 23.5 Å². The molecule has 16 heavy (non-hydrogen) atoms. The number of hydrogen-bond donors (Lipinski definition) is 3. The van der Waals surface area contributed by atoms with Gasteiger partial charge in [-0.3, -0.25) is 9.59 Å². The van der Waals surface area contributed by atoms with E-state index in [-0.39, 0.29) is 5.75 Å². The molecule has 0 radical (unpaired) electrons. The first-order chi connectivity index (χ1) is 7.63. The van der Waals surface area contributed by atoms with Crippen molar-refractivity contribution < 1.29 is 14.7 Å². The Morgan fingerprint density at radius 1 is 1.19 bits per heavy atom. The molecular formula is C11H14N2O3. The Morgan fingerprint density at radius 2 is 1.81 bits per heavy atom. The maximum Gasteiger partial charge on any atom is 0.313 e. The fraction of sp³-hybridized carbons (Fsp3) is 0.273. The van der Waals surface area contributed by atoms with E-state index in [1.54, 1.807) is 0 Å². The predicted molar refractivity (Wildman–Crippen MR) is 60.0 cm³/mol. The maximum absolute atomic E-state index is 11.3. The quantitative estimate of drug-likeness (QED) is 0.524. The monoisotopic (exact) mass is 222 g/mol. The lowest BCUT2D eigenvalue weighted by molar-refractivity contribution is -0.136. The normalized spacial score (nSPS) is 9.56. The summed E-state index contributed by atoms with van der Waals surface area (Å²) >= 11 is 0. The fourth-order valence-electron chi connectivity index (χ4n) is 1.05. The van der Waals surface area contributed by atoms with Gasteiger partial charge < -0.3 is 15.7 Å². The highest BCUT2D eigenvalue weighted by molar-refractivity contribution is 6.39. The molecule has 86 valence electrons. The zero-order valence-electron chi connectivity index (χ0n) is 8.99. The number of amides is 2. The molecule has 1 aromatic rings. The van der Waals surface area contributed by atoms with Crippen molar-refractivity contribution in [3.05, 3.63) is 24.3 Å². The van der Waals surface area contributed by atoms with Gasteiger partial charge in [-0.25, -0.2) is 0 Å². The molecule has 3 N–H and O–H groups in total. The van der Waals surface area contributed by atoms with E-state index >= 15 is 0 Å². The summed E-state index contributed by atoms with van der Waals surface area (Å²) in [7, 11) is 0. The van der Waals surface area contributed by atoms with Crippen LogP contribution >= 0.6 is 0 Å². The van der Waals surface area contributed by atoms with Crippen molar-refractivity contribution >= 4 is 17.5 Å². The number of carbonyl (C=O) groups is 2. The van der Waals surface area contributed by atoms with Gasteiger partial charge in [-0.2, -0.15) is 0 Å². The highest BCUT2D eigenvalue weighted by Gasteiger charge is 2.12. The number of anilines is 1. The number of rotatable bonds is 3. The smallest absolute Gasteiger partial charge is 0.313 e. The van der Waals surface area contributed by atoms with Crippen LogP contribution in [0.3, 0.4) is 0 Å².